The Balaban J connectivity index is 1.46. The molecule has 2 aromatic rings. The number of carbonyl (C=O) groups excluding carboxylic acids is 1. The van der Waals surface area contributed by atoms with Crippen molar-refractivity contribution in [3.8, 4) is 0 Å². The first-order valence-corrected chi connectivity index (χ1v) is 10.7. The number of nitrogens with zero attached hydrogens (tertiary/aromatic N) is 1. The highest BCUT2D eigenvalue weighted by atomic mass is 79.9. The third-order valence-electron chi connectivity index (χ3n) is 5.04. The van der Waals surface area contributed by atoms with E-state index in [9.17, 15) is 13.6 Å². The Labute approximate surface area is 183 Å². The van der Waals surface area contributed by atoms with Gasteiger partial charge in [0.1, 0.15) is 5.69 Å². The van der Waals surface area contributed by atoms with E-state index in [1.54, 1.807) is 24.4 Å². The third kappa shape index (κ3) is 6.55. The predicted molar refractivity (Wildman–Crippen MR) is 112 cm³/mol. The van der Waals surface area contributed by atoms with Crippen molar-refractivity contribution in [3.63, 3.8) is 0 Å². The largest absolute Gasteiger partial charge is 0.381 e. The molecule has 1 aliphatic heterocycles. The van der Waals surface area contributed by atoms with Gasteiger partial charge in [0.05, 0.1) is 13.2 Å². The lowest BCUT2D eigenvalue weighted by molar-refractivity contribution is 0.0173. The number of rotatable bonds is 8. The molecule has 1 aliphatic rings. The van der Waals surface area contributed by atoms with Gasteiger partial charge in [-0.2, -0.15) is 0 Å². The molecular formula is C22H25BrF2N2O3. The maximum absolute atomic E-state index is 13.4. The molecule has 1 aromatic heterocycles. The smallest absolute Gasteiger partial charge is 0.270 e. The molecule has 8 heteroatoms. The zero-order valence-electron chi connectivity index (χ0n) is 16.8. The summed E-state index contributed by atoms with van der Waals surface area (Å²) in [7, 11) is 0. The van der Waals surface area contributed by atoms with E-state index < -0.39 is 5.92 Å². The number of benzene rings is 1. The van der Waals surface area contributed by atoms with Gasteiger partial charge in [-0.3, -0.25) is 9.78 Å². The van der Waals surface area contributed by atoms with Gasteiger partial charge in [-0.05, 0) is 42.0 Å². The van der Waals surface area contributed by atoms with E-state index in [2.05, 4.69) is 26.2 Å². The quantitative estimate of drug-likeness (QED) is 0.585. The number of carbonyl (C=O) groups is 1. The second-order valence-corrected chi connectivity index (χ2v) is 8.36. The van der Waals surface area contributed by atoms with Gasteiger partial charge in [-0.1, -0.05) is 34.1 Å². The van der Waals surface area contributed by atoms with E-state index in [0.29, 0.717) is 29.2 Å². The summed E-state index contributed by atoms with van der Waals surface area (Å²) >= 11 is 3.32. The molecule has 3 rings (SSSR count). The average Bonchev–Trinajstić information content (AvgIpc) is 2.73. The molecule has 0 radical (unpaired) electrons. The van der Waals surface area contributed by atoms with Gasteiger partial charge in [0.2, 0.25) is 0 Å². The minimum absolute atomic E-state index is 0.0481. The Kier molecular flexibility index (Phi) is 7.91. The maximum atomic E-state index is 13.4. The standard InChI is InChI=1S/C22H25BrF2N2O3/c1-22(24,25)18-4-3-17(19(23)10-18)14-30-13-16-2-5-20(26-12-16)21(28)27-11-15-6-8-29-9-7-15/h2-5,10,12,15H,6-9,11,13-14H2,1H3,(H,27,28). The number of alkyl halides is 2. The number of halogens is 3. The number of aromatic nitrogens is 1. The minimum atomic E-state index is -2.88. The first-order chi connectivity index (χ1) is 14.3. The summed E-state index contributed by atoms with van der Waals surface area (Å²) in [6, 6.07) is 7.91. The van der Waals surface area contributed by atoms with Crippen LogP contribution in [-0.2, 0) is 28.6 Å². The van der Waals surface area contributed by atoms with Crippen molar-refractivity contribution < 1.29 is 23.0 Å². The normalized spacial score (nSPS) is 15.2. The Morgan fingerprint density at radius 3 is 2.67 bits per heavy atom. The van der Waals surface area contributed by atoms with Gasteiger partial charge in [0.25, 0.3) is 11.8 Å². The monoisotopic (exact) mass is 482 g/mol. The van der Waals surface area contributed by atoms with Gasteiger partial charge in [0, 0.05) is 42.9 Å². The van der Waals surface area contributed by atoms with E-state index in [1.807, 2.05) is 0 Å². The molecule has 5 nitrogen and oxygen atoms in total. The Hall–Kier alpha value is -1.90. The number of nitrogens with one attached hydrogen (secondary N) is 1. The van der Waals surface area contributed by atoms with Gasteiger partial charge < -0.3 is 14.8 Å². The maximum Gasteiger partial charge on any atom is 0.270 e. The molecule has 30 heavy (non-hydrogen) atoms. The molecule has 1 N–H and O–H groups in total. The van der Waals surface area contributed by atoms with Crippen molar-refractivity contribution in [1.29, 1.82) is 0 Å². The Morgan fingerprint density at radius 2 is 2.03 bits per heavy atom. The van der Waals surface area contributed by atoms with Crippen LogP contribution in [0.2, 0.25) is 0 Å². The van der Waals surface area contributed by atoms with E-state index in [-0.39, 0.29) is 18.1 Å². The van der Waals surface area contributed by atoms with Crippen molar-refractivity contribution in [2.45, 2.75) is 38.9 Å². The summed E-state index contributed by atoms with van der Waals surface area (Å²) in [4.78, 5) is 16.5. The molecule has 0 aliphatic carbocycles. The lowest BCUT2D eigenvalue weighted by atomic mass is 10.0. The van der Waals surface area contributed by atoms with Gasteiger partial charge in [0.15, 0.2) is 0 Å². The summed E-state index contributed by atoms with van der Waals surface area (Å²) < 4.78 is 38.3. The summed E-state index contributed by atoms with van der Waals surface area (Å²) in [6.45, 7) is 3.57. The highest BCUT2D eigenvalue weighted by Gasteiger charge is 2.24. The fraction of sp³-hybridized carbons (Fsp3) is 0.455. The zero-order chi connectivity index (χ0) is 21.6. The fourth-order valence-corrected chi connectivity index (χ4v) is 3.63. The number of amides is 1. The van der Waals surface area contributed by atoms with Crippen LogP contribution < -0.4 is 5.32 Å². The van der Waals surface area contributed by atoms with Gasteiger partial charge in [-0.15, -0.1) is 0 Å². The van der Waals surface area contributed by atoms with Crippen molar-refractivity contribution >= 4 is 21.8 Å². The Bertz CT molecular complexity index is 850. The highest BCUT2D eigenvalue weighted by molar-refractivity contribution is 9.10. The number of ether oxygens (including phenoxy) is 2. The molecule has 1 aromatic carbocycles. The molecule has 0 bridgehead atoms. The molecule has 1 fully saturated rings. The highest BCUT2D eigenvalue weighted by Crippen LogP contribution is 2.30. The topological polar surface area (TPSA) is 60.5 Å². The lowest BCUT2D eigenvalue weighted by Crippen LogP contribution is -2.32. The summed E-state index contributed by atoms with van der Waals surface area (Å²) in [5.74, 6) is -2.62. The van der Waals surface area contributed by atoms with E-state index >= 15 is 0 Å². The van der Waals surface area contributed by atoms with Crippen molar-refractivity contribution in [2.24, 2.45) is 5.92 Å². The van der Waals surface area contributed by atoms with Crippen LogP contribution >= 0.6 is 15.9 Å². The summed E-state index contributed by atoms with van der Waals surface area (Å²) in [5.41, 5.74) is 1.92. The Morgan fingerprint density at radius 1 is 1.27 bits per heavy atom. The van der Waals surface area contributed by atoms with E-state index in [0.717, 1.165) is 44.1 Å². The zero-order valence-corrected chi connectivity index (χ0v) is 18.4. The van der Waals surface area contributed by atoms with Crippen molar-refractivity contribution in [3.05, 3.63) is 63.4 Å². The molecule has 0 spiro atoms. The molecule has 162 valence electrons. The second-order valence-electron chi connectivity index (χ2n) is 7.50. The molecule has 0 unspecified atom stereocenters. The van der Waals surface area contributed by atoms with Crippen LogP contribution in [0.25, 0.3) is 0 Å². The van der Waals surface area contributed by atoms with Gasteiger partial charge in [-0.25, -0.2) is 8.78 Å². The molecule has 0 atom stereocenters. The number of hydrogen-bond donors (Lipinski definition) is 1. The van der Waals surface area contributed by atoms with Crippen LogP contribution in [0.15, 0.2) is 41.0 Å². The first-order valence-electron chi connectivity index (χ1n) is 9.88. The number of pyridine rings is 1. The van der Waals surface area contributed by atoms with Crippen LogP contribution in [-0.4, -0.2) is 30.6 Å². The van der Waals surface area contributed by atoms with Gasteiger partial charge >= 0.3 is 0 Å². The van der Waals surface area contributed by atoms with Crippen LogP contribution in [0.1, 0.15) is 46.9 Å². The van der Waals surface area contributed by atoms with Crippen molar-refractivity contribution in [2.75, 3.05) is 19.8 Å². The fourth-order valence-electron chi connectivity index (χ4n) is 3.14. The molecule has 0 saturated carbocycles. The van der Waals surface area contributed by atoms with Crippen LogP contribution in [0.5, 0.6) is 0 Å². The SMILES string of the molecule is CC(F)(F)c1ccc(COCc2ccc(C(=O)NCC3CCOCC3)nc2)c(Br)c1. The average molecular weight is 483 g/mol. The minimum Gasteiger partial charge on any atom is -0.381 e. The molecular weight excluding hydrogens is 458 g/mol. The van der Waals surface area contributed by atoms with Crippen molar-refractivity contribution in [1.82, 2.24) is 10.3 Å². The van der Waals surface area contributed by atoms with Crippen LogP contribution in [0.4, 0.5) is 8.78 Å². The lowest BCUT2D eigenvalue weighted by Gasteiger charge is -2.22. The van der Waals surface area contributed by atoms with Crippen LogP contribution in [0.3, 0.4) is 0 Å². The molecule has 2 heterocycles. The summed E-state index contributed by atoms with van der Waals surface area (Å²) in [6.07, 6.45) is 3.53. The molecule has 1 saturated heterocycles. The van der Waals surface area contributed by atoms with Crippen LogP contribution in [0, 0.1) is 5.92 Å². The molecule has 1 amide bonds. The first kappa shape index (κ1) is 22.8. The summed E-state index contributed by atoms with van der Waals surface area (Å²) in [5, 5.41) is 2.93. The predicted octanol–water partition coefficient (Wildman–Crippen LogP) is 4.83. The third-order valence-corrected chi connectivity index (χ3v) is 5.77. The second kappa shape index (κ2) is 10.4. The van der Waals surface area contributed by atoms with E-state index in [4.69, 9.17) is 9.47 Å². The number of hydrogen-bond acceptors (Lipinski definition) is 4. The van der Waals surface area contributed by atoms with E-state index in [1.165, 1.54) is 12.1 Å².